The molecule has 1 saturated heterocycles. The zero-order valence-electron chi connectivity index (χ0n) is 10.2. The summed E-state index contributed by atoms with van der Waals surface area (Å²) in [5, 5.41) is 11.1. The second kappa shape index (κ2) is 6.09. The van der Waals surface area contributed by atoms with Gasteiger partial charge >= 0.3 is 0 Å². The van der Waals surface area contributed by atoms with Crippen LogP contribution >= 0.6 is 0 Å². The normalized spacial score (nSPS) is 29.7. The van der Waals surface area contributed by atoms with Gasteiger partial charge in [-0.2, -0.15) is 5.26 Å². The fourth-order valence-electron chi connectivity index (χ4n) is 2.28. The second-order valence-corrected chi connectivity index (χ2v) is 4.63. The number of hydrazine groups is 1. The summed E-state index contributed by atoms with van der Waals surface area (Å²) in [5.41, 5.74) is 3.52. The van der Waals surface area contributed by atoms with Gasteiger partial charge in [-0.1, -0.05) is 13.3 Å². The maximum atomic E-state index is 8.72. The van der Waals surface area contributed by atoms with Crippen molar-refractivity contribution in [2.24, 2.45) is 0 Å². The van der Waals surface area contributed by atoms with Crippen molar-refractivity contribution in [2.45, 2.75) is 71.0 Å². The molecule has 1 fully saturated rings. The lowest BCUT2D eigenvalue weighted by atomic mass is 9.99. The molecular weight excluding hydrogens is 186 g/mol. The van der Waals surface area contributed by atoms with Gasteiger partial charge in [-0.05, 0) is 33.1 Å². The van der Waals surface area contributed by atoms with Crippen molar-refractivity contribution in [2.75, 3.05) is 0 Å². The van der Waals surface area contributed by atoms with E-state index in [9.17, 15) is 0 Å². The Bertz CT molecular complexity index is 211. The van der Waals surface area contributed by atoms with Gasteiger partial charge in [0.25, 0.3) is 0 Å². The summed E-state index contributed by atoms with van der Waals surface area (Å²) in [4.78, 5) is 0. The molecule has 0 aliphatic carbocycles. The molecule has 0 aromatic heterocycles. The van der Waals surface area contributed by atoms with Crippen LogP contribution in [0.1, 0.15) is 52.9 Å². The van der Waals surface area contributed by atoms with Crippen molar-refractivity contribution in [3.8, 4) is 6.07 Å². The molecule has 0 amide bonds. The predicted octanol–water partition coefficient (Wildman–Crippen LogP) is 2.45. The van der Waals surface area contributed by atoms with Crippen molar-refractivity contribution in [3.63, 3.8) is 0 Å². The van der Waals surface area contributed by atoms with Gasteiger partial charge in [0.2, 0.25) is 0 Å². The predicted molar refractivity (Wildman–Crippen MR) is 62.1 cm³/mol. The number of hydrogen-bond donors (Lipinski definition) is 1. The summed E-state index contributed by atoms with van der Waals surface area (Å²) in [6.45, 7) is 6.66. The van der Waals surface area contributed by atoms with Crippen molar-refractivity contribution in [1.82, 2.24) is 10.4 Å². The molecule has 0 radical (unpaired) electrons. The first-order valence-electron chi connectivity index (χ1n) is 6.10. The summed E-state index contributed by atoms with van der Waals surface area (Å²) in [7, 11) is 0. The van der Waals surface area contributed by atoms with Crippen molar-refractivity contribution >= 4 is 0 Å². The lowest BCUT2D eigenvalue weighted by Crippen LogP contribution is -2.55. The number of hydrogen-bond acceptors (Lipinski definition) is 3. The van der Waals surface area contributed by atoms with Crippen LogP contribution in [0.4, 0.5) is 0 Å². The summed E-state index contributed by atoms with van der Waals surface area (Å²) in [6.07, 6.45) is 5.48. The average molecular weight is 209 g/mol. The zero-order valence-corrected chi connectivity index (χ0v) is 10.2. The first-order valence-corrected chi connectivity index (χ1v) is 6.10. The van der Waals surface area contributed by atoms with Crippen molar-refractivity contribution in [3.05, 3.63) is 0 Å². The van der Waals surface area contributed by atoms with Crippen LogP contribution in [0.2, 0.25) is 0 Å². The number of nitrogens with one attached hydrogen (secondary N) is 1. The van der Waals surface area contributed by atoms with E-state index in [1.165, 1.54) is 19.3 Å². The maximum absolute atomic E-state index is 8.72. The molecule has 0 aromatic carbocycles. The molecule has 1 N–H and O–H groups in total. The molecule has 1 rings (SSSR count). The molecule has 0 aromatic rings. The Morgan fingerprint density at radius 3 is 2.47 bits per heavy atom. The van der Waals surface area contributed by atoms with E-state index in [0.29, 0.717) is 24.5 Å². The highest BCUT2D eigenvalue weighted by atomic mass is 15.5. The molecule has 0 saturated carbocycles. The molecule has 3 atom stereocenters. The number of rotatable bonds is 4. The van der Waals surface area contributed by atoms with E-state index < -0.39 is 0 Å². The van der Waals surface area contributed by atoms with E-state index in [-0.39, 0.29) is 0 Å². The van der Waals surface area contributed by atoms with Gasteiger partial charge in [0.05, 0.1) is 12.5 Å². The van der Waals surface area contributed by atoms with Gasteiger partial charge in [0.1, 0.15) is 0 Å². The van der Waals surface area contributed by atoms with Gasteiger partial charge in [-0.3, -0.25) is 5.43 Å². The summed E-state index contributed by atoms with van der Waals surface area (Å²) in [6, 6.07) is 3.76. The lowest BCUT2D eigenvalue weighted by molar-refractivity contribution is 0.0294. The SMILES string of the molecule is CCC(CC#N)NN1C(C)CCCC1C. The van der Waals surface area contributed by atoms with Crippen LogP contribution in [-0.2, 0) is 0 Å². The largest absolute Gasteiger partial charge is 0.251 e. The fourth-order valence-corrected chi connectivity index (χ4v) is 2.28. The maximum Gasteiger partial charge on any atom is 0.0638 e. The summed E-state index contributed by atoms with van der Waals surface area (Å²) < 4.78 is 0. The van der Waals surface area contributed by atoms with Crippen LogP contribution < -0.4 is 5.43 Å². The average Bonchev–Trinajstić information content (AvgIpc) is 2.22. The smallest absolute Gasteiger partial charge is 0.0638 e. The van der Waals surface area contributed by atoms with Crippen LogP contribution in [0.5, 0.6) is 0 Å². The number of piperidine rings is 1. The minimum absolute atomic E-state index is 0.318. The van der Waals surface area contributed by atoms with E-state index in [1.54, 1.807) is 0 Å². The Kier molecular flexibility index (Phi) is 5.07. The van der Waals surface area contributed by atoms with Crippen LogP contribution in [0.25, 0.3) is 0 Å². The molecule has 15 heavy (non-hydrogen) atoms. The molecule has 3 nitrogen and oxygen atoms in total. The Morgan fingerprint density at radius 1 is 1.40 bits per heavy atom. The monoisotopic (exact) mass is 209 g/mol. The van der Waals surface area contributed by atoms with Crippen LogP contribution in [0.15, 0.2) is 0 Å². The van der Waals surface area contributed by atoms with Gasteiger partial charge in [0, 0.05) is 18.1 Å². The van der Waals surface area contributed by atoms with Crippen molar-refractivity contribution < 1.29 is 0 Å². The topological polar surface area (TPSA) is 39.1 Å². The first kappa shape index (κ1) is 12.5. The fraction of sp³-hybridized carbons (Fsp3) is 0.917. The molecule has 1 heterocycles. The highest BCUT2D eigenvalue weighted by molar-refractivity contribution is 4.83. The minimum atomic E-state index is 0.318. The van der Waals surface area contributed by atoms with Gasteiger partial charge in [0.15, 0.2) is 0 Å². The number of nitrogens with zero attached hydrogens (tertiary/aromatic N) is 2. The first-order chi connectivity index (χ1) is 7.19. The quantitative estimate of drug-likeness (QED) is 0.773. The minimum Gasteiger partial charge on any atom is -0.251 e. The Balaban J connectivity index is 2.49. The standard InChI is InChI=1S/C12H23N3/c1-4-12(8-9-13)14-15-10(2)6-5-7-11(15)3/h10-12,14H,4-8H2,1-3H3. The Labute approximate surface area is 93.4 Å². The van der Waals surface area contributed by atoms with Crippen LogP contribution in [0, 0.1) is 11.3 Å². The van der Waals surface area contributed by atoms with Gasteiger partial charge in [-0.15, -0.1) is 0 Å². The third-order valence-electron chi connectivity index (χ3n) is 3.36. The van der Waals surface area contributed by atoms with Gasteiger partial charge < -0.3 is 0 Å². The third kappa shape index (κ3) is 3.48. The highest BCUT2D eigenvalue weighted by Gasteiger charge is 2.25. The van der Waals surface area contributed by atoms with Gasteiger partial charge in [-0.25, -0.2) is 5.01 Å². The Morgan fingerprint density at radius 2 is 2.00 bits per heavy atom. The summed E-state index contributed by atoms with van der Waals surface area (Å²) >= 11 is 0. The molecule has 3 unspecified atom stereocenters. The highest BCUT2D eigenvalue weighted by Crippen LogP contribution is 2.21. The second-order valence-electron chi connectivity index (χ2n) is 4.63. The van der Waals surface area contributed by atoms with Crippen molar-refractivity contribution in [1.29, 1.82) is 5.26 Å². The van der Waals surface area contributed by atoms with E-state index in [4.69, 9.17) is 5.26 Å². The molecule has 1 aliphatic rings. The van der Waals surface area contributed by atoms with E-state index in [0.717, 1.165) is 6.42 Å². The molecule has 0 bridgehead atoms. The van der Waals surface area contributed by atoms with E-state index >= 15 is 0 Å². The molecule has 0 spiro atoms. The summed E-state index contributed by atoms with van der Waals surface area (Å²) in [5.74, 6) is 0. The molecule has 3 heteroatoms. The molecular formula is C12H23N3. The van der Waals surface area contributed by atoms with E-state index in [1.807, 2.05) is 0 Å². The molecule has 86 valence electrons. The lowest BCUT2D eigenvalue weighted by Gasteiger charge is -2.41. The van der Waals surface area contributed by atoms with Crippen LogP contribution in [0.3, 0.4) is 0 Å². The Hall–Kier alpha value is -0.590. The third-order valence-corrected chi connectivity index (χ3v) is 3.36. The van der Waals surface area contributed by atoms with Crippen LogP contribution in [-0.4, -0.2) is 23.1 Å². The molecule has 1 aliphatic heterocycles. The number of nitriles is 1. The zero-order chi connectivity index (χ0) is 11.3. The van der Waals surface area contributed by atoms with E-state index in [2.05, 4.69) is 37.3 Å².